The summed E-state index contributed by atoms with van der Waals surface area (Å²) in [5.74, 6) is -0.702. The van der Waals surface area contributed by atoms with Crippen molar-refractivity contribution in [2.75, 3.05) is 11.1 Å². The van der Waals surface area contributed by atoms with Gasteiger partial charge in [0.15, 0.2) is 5.16 Å². The van der Waals surface area contributed by atoms with Gasteiger partial charge in [0.05, 0.1) is 5.75 Å². The number of thioether (sulfide) groups is 1. The zero-order valence-corrected chi connectivity index (χ0v) is 12.7. The Morgan fingerprint density at radius 2 is 2.05 bits per heavy atom. The van der Waals surface area contributed by atoms with E-state index in [0.717, 1.165) is 30.8 Å². The topological polar surface area (TPSA) is 59.8 Å². The summed E-state index contributed by atoms with van der Waals surface area (Å²) >= 11 is 1.18. The molecule has 1 aliphatic carbocycles. The van der Waals surface area contributed by atoms with E-state index >= 15 is 0 Å². The van der Waals surface area contributed by atoms with E-state index in [2.05, 4.69) is 15.5 Å². The summed E-state index contributed by atoms with van der Waals surface area (Å²) in [5.41, 5.74) is -0.426. The van der Waals surface area contributed by atoms with Crippen LogP contribution in [-0.2, 0) is 11.8 Å². The van der Waals surface area contributed by atoms with E-state index < -0.39 is 23.2 Å². The van der Waals surface area contributed by atoms with Crippen molar-refractivity contribution < 1.29 is 13.6 Å². The fourth-order valence-electron chi connectivity index (χ4n) is 2.07. The number of carbonyl (C=O) groups excluding carboxylic acids is 1. The van der Waals surface area contributed by atoms with Crippen molar-refractivity contribution in [3.63, 3.8) is 0 Å². The number of aromatic nitrogens is 3. The summed E-state index contributed by atoms with van der Waals surface area (Å²) in [6, 6.07) is 3.43. The molecule has 1 aliphatic rings. The molecule has 1 fully saturated rings. The molecule has 1 amide bonds. The molecule has 1 saturated carbocycles. The molecule has 116 valence electrons. The van der Waals surface area contributed by atoms with E-state index in [9.17, 15) is 13.6 Å². The molecule has 8 heteroatoms. The van der Waals surface area contributed by atoms with Crippen molar-refractivity contribution in [2.24, 2.45) is 7.05 Å². The minimum atomic E-state index is -0.798. The molecule has 0 saturated heterocycles. The van der Waals surface area contributed by atoms with Crippen LogP contribution < -0.4 is 5.32 Å². The second kappa shape index (κ2) is 6.04. The Labute approximate surface area is 130 Å². The van der Waals surface area contributed by atoms with Gasteiger partial charge in [-0.05, 0) is 25.0 Å². The standard InChI is InChI=1S/C14H14F2N4OS/c1-20-13(8-5-6-8)18-19-14(20)22-7-11(21)17-12-9(15)3-2-4-10(12)16/h2-4,8H,5-7H2,1H3,(H,17,21). The summed E-state index contributed by atoms with van der Waals surface area (Å²) < 4.78 is 28.8. The minimum absolute atomic E-state index is 0.00438. The summed E-state index contributed by atoms with van der Waals surface area (Å²) in [6.07, 6.45) is 2.23. The first-order valence-corrected chi connectivity index (χ1v) is 7.80. The number of nitrogens with zero attached hydrogens (tertiary/aromatic N) is 3. The maximum Gasteiger partial charge on any atom is 0.235 e. The largest absolute Gasteiger partial charge is 0.320 e. The van der Waals surface area contributed by atoms with Crippen LogP contribution in [0.5, 0.6) is 0 Å². The van der Waals surface area contributed by atoms with Gasteiger partial charge in [-0.3, -0.25) is 4.79 Å². The number of halogens is 2. The van der Waals surface area contributed by atoms with E-state index in [4.69, 9.17) is 0 Å². The first-order chi connectivity index (χ1) is 10.6. The average molecular weight is 324 g/mol. The van der Waals surface area contributed by atoms with Crippen molar-refractivity contribution >= 4 is 23.4 Å². The van der Waals surface area contributed by atoms with Crippen molar-refractivity contribution in [1.82, 2.24) is 14.8 Å². The number of anilines is 1. The van der Waals surface area contributed by atoms with Gasteiger partial charge >= 0.3 is 0 Å². The Morgan fingerprint density at radius 3 is 2.68 bits per heavy atom. The van der Waals surface area contributed by atoms with Gasteiger partial charge in [-0.1, -0.05) is 17.8 Å². The SMILES string of the molecule is Cn1c(SCC(=O)Nc2c(F)cccc2F)nnc1C1CC1. The van der Waals surface area contributed by atoms with Crippen molar-refractivity contribution in [1.29, 1.82) is 0 Å². The molecule has 1 aromatic carbocycles. The third-order valence-electron chi connectivity index (χ3n) is 3.37. The van der Waals surface area contributed by atoms with Crippen LogP contribution in [0.4, 0.5) is 14.5 Å². The molecule has 3 rings (SSSR count). The maximum atomic E-state index is 13.4. The molecule has 1 heterocycles. The summed E-state index contributed by atoms with van der Waals surface area (Å²) in [7, 11) is 1.85. The minimum Gasteiger partial charge on any atom is -0.320 e. The highest BCUT2D eigenvalue weighted by Gasteiger charge is 2.29. The quantitative estimate of drug-likeness (QED) is 0.859. The molecule has 22 heavy (non-hydrogen) atoms. The van der Waals surface area contributed by atoms with Gasteiger partial charge in [0.1, 0.15) is 23.1 Å². The number of rotatable bonds is 5. The van der Waals surface area contributed by atoms with Crippen LogP contribution in [-0.4, -0.2) is 26.4 Å². The highest BCUT2D eigenvalue weighted by atomic mass is 32.2. The van der Waals surface area contributed by atoms with Crippen LogP contribution in [0.15, 0.2) is 23.4 Å². The second-order valence-corrected chi connectivity index (χ2v) is 6.05. The summed E-state index contributed by atoms with van der Waals surface area (Å²) in [4.78, 5) is 11.8. The molecular weight excluding hydrogens is 310 g/mol. The summed E-state index contributed by atoms with van der Waals surface area (Å²) in [6.45, 7) is 0. The normalized spacial score (nSPS) is 14.1. The van der Waals surface area contributed by atoms with E-state index in [0.29, 0.717) is 11.1 Å². The number of para-hydroxylation sites is 1. The third-order valence-corrected chi connectivity index (χ3v) is 4.39. The van der Waals surface area contributed by atoms with Gasteiger partial charge in [-0.25, -0.2) is 8.78 Å². The van der Waals surface area contributed by atoms with Crippen molar-refractivity contribution in [3.05, 3.63) is 35.7 Å². The lowest BCUT2D eigenvalue weighted by atomic mass is 10.3. The van der Waals surface area contributed by atoms with Gasteiger partial charge in [-0.2, -0.15) is 0 Å². The van der Waals surface area contributed by atoms with Gasteiger partial charge in [-0.15, -0.1) is 10.2 Å². The van der Waals surface area contributed by atoms with Gasteiger partial charge < -0.3 is 9.88 Å². The molecule has 1 aromatic heterocycles. The maximum absolute atomic E-state index is 13.4. The lowest BCUT2D eigenvalue weighted by molar-refractivity contribution is -0.113. The molecule has 5 nitrogen and oxygen atoms in total. The second-order valence-electron chi connectivity index (χ2n) is 5.11. The molecule has 0 bridgehead atoms. The number of amides is 1. The Kier molecular flexibility index (Phi) is 4.10. The smallest absolute Gasteiger partial charge is 0.235 e. The van der Waals surface area contributed by atoms with E-state index in [1.807, 2.05) is 11.6 Å². The van der Waals surface area contributed by atoms with Gasteiger partial charge in [0.25, 0.3) is 0 Å². The fourth-order valence-corrected chi connectivity index (χ4v) is 2.79. The van der Waals surface area contributed by atoms with E-state index in [1.54, 1.807) is 0 Å². The molecule has 2 aromatic rings. The molecular formula is C14H14F2N4OS. The number of nitrogens with one attached hydrogen (secondary N) is 1. The van der Waals surface area contributed by atoms with Crippen LogP contribution >= 0.6 is 11.8 Å². The molecule has 1 N–H and O–H groups in total. The predicted molar refractivity (Wildman–Crippen MR) is 78.7 cm³/mol. The van der Waals surface area contributed by atoms with Crippen LogP contribution in [0.25, 0.3) is 0 Å². The molecule has 0 unspecified atom stereocenters. The first kappa shape index (κ1) is 15.0. The van der Waals surface area contributed by atoms with Crippen LogP contribution in [0.2, 0.25) is 0 Å². The lowest BCUT2D eigenvalue weighted by Gasteiger charge is -2.07. The molecule has 0 aliphatic heterocycles. The zero-order chi connectivity index (χ0) is 15.7. The number of hydrogen-bond donors (Lipinski definition) is 1. The Morgan fingerprint density at radius 1 is 1.36 bits per heavy atom. The highest BCUT2D eigenvalue weighted by Crippen LogP contribution is 2.39. The van der Waals surface area contributed by atoms with Gasteiger partial charge in [0, 0.05) is 13.0 Å². The van der Waals surface area contributed by atoms with E-state index in [1.165, 1.54) is 17.8 Å². The van der Waals surface area contributed by atoms with Crippen LogP contribution in [0, 0.1) is 11.6 Å². The molecule has 0 radical (unpaired) electrons. The Bertz CT molecular complexity index is 695. The van der Waals surface area contributed by atoms with Crippen LogP contribution in [0.1, 0.15) is 24.6 Å². The predicted octanol–water partition coefficient (Wildman–Crippen LogP) is 2.70. The van der Waals surface area contributed by atoms with Crippen LogP contribution in [0.3, 0.4) is 0 Å². The monoisotopic (exact) mass is 324 g/mol. The average Bonchev–Trinajstić information content (AvgIpc) is 3.25. The lowest BCUT2D eigenvalue weighted by Crippen LogP contribution is -2.16. The molecule has 0 spiro atoms. The zero-order valence-electron chi connectivity index (χ0n) is 11.8. The first-order valence-electron chi connectivity index (χ1n) is 6.82. The molecule has 0 atom stereocenters. The fraction of sp³-hybridized carbons (Fsp3) is 0.357. The number of benzene rings is 1. The van der Waals surface area contributed by atoms with Crippen molar-refractivity contribution in [2.45, 2.75) is 23.9 Å². The highest BCUT2D eigenvalue weighted by molar-refractivity contribution is 7.99. The van der Waals surface area contributed by atoms with Gasteiger partial charge in [0.2, 0.25) is 5.91 Å². The summed E-state index contributed by atoms with van der Waals surface area (Å²) in [5, 5.41) is 11.0. The van der Waals surface area contributed by atoms with E-state index in [-0.39, 0.29) is 5.75 Å². The number of carbonyl (C=O) groups is 1. The van der Waals surface area contributed by atoms with Crippen molar-refractivity contribution in [3.8, 4) is 0 Å². The third kappa shape index (κ3) is 3.11. The Balaban J connectivity index is 1.61. The Hall–Kier alpha value is -1.96. The number of hydrogen-bond acceptors (Lipinski definition) is 4.